The molecule has 21 heavy (non-hydrogen) atoms. The van der Waals surface area contributed by atoms with Gasteiger partial charge in [-0.25, -0.2) is 4.98 Å². The minimum Gasteiger partial charge on any atom is -0.410 e. The van der Waals surface area contributed by atoms with Crippen LogP contribution < -0.4 is 0 Å². The van der Waals surface area contributed by atoms with E-state index in [1.807, 2.05) is 27.7 Å². The molecule has 0 radical (unpaired) electrons. The lowest BCUT2D eigenvalue weighted by Gasteiger charge is -2.17. The van der Waals surface area contributed by atoms with Gasteiger partial charge in [0.2, 0.25) is 5.91 Å². The Hall–Kier alpha value is -1.41. The minimum absolute atomic E-state index is 0.0783. The van der Waals surface area contributed by atoms with Crippen LogP contribution in [0.2, 0.25) is 0 Å². The molecule has 0 saturated heterocycles. The van der Waals surface area contributed by atoms with Gasteiger partial charge in [0.15, 0.2) is 0 Å². The fraction of sp³-hybridized carbons (Fsp3) is 0.538. The summed E-state index contributed by atoms with van der Waals surface area (Å²) in [6.07, 6.45) is 0. The van der Waals surface area contributed by atoms with Crippen LogP contribution in [0.1, 0.15) is 24.5 Å². The van der Waals surface area contributed by atoms with E-state index < -0.39 is 0 Å². The first-order valence-corrected chi connectivity index (χ1v) is 8.53. The fourth-order valence-corrected chi connectivity index (χ4v) is 3.39. The monoisotopic (exact) mass is 326 g/mol. The molecule has 8 heteroatoms. The number of thiazole rings is 1. The Morgan fingerprint density at radius 1 is 1.29 bits per heavy atom. The van der Waals surface area contributed by atoms with Crippen molar-refractivity contribution in [2.45, 2.75) is 32.9 Å². The fourth-order valence-electron chi connectivity index (χ4n) is 1.88. The third kappa shape index (κ3) is 3.82. The van der Waals surface area contributed by atoms with E-state index in [0.29, 0.717) is 30.0 Å². The van der Waals surface area contributed by atoms with Gasteiger partial charge in [0.1, 0.15) is 4.88 Å². The minimum atomic E-state index is 0.0783. The highest BCUT2D eigenvalue weighted by atomic mass is 32.2. The second kappa shape index (κ2) is 7.04. The van der Waals surface area contributed by atoms with Crippen molar-refractivity contribution >= 4 is 29.0 Å². The predicted octanol–water partition coefficient (Wildman–Crippen LogP) is 2.77. The number of amides is 1. The average Bonchev–Trinajstić information content (AvgIpc) is 3.04. The molecule has 0 aromatic carbocycles. The second-order valence-electron chi connectivity index (χ2n) is 4.38. The van der Waals surface area contributed by atoms with Crippen LogP contribution in [0.3, 0.4) is 0 Å². The molecule has 1 amide bonds. The maximum absolute atomic E-state index is 11.9. The third-order valence-electron chi connectivity index (χ3n) is 2.94. The molecule has 0 fully saturated rings. The lowest BCUT2D eigenvalue weighted by Crippen LogP contribution is -2.31. The normalized spacial score (nSPS) is 10.9. The van der Waals surface area contributed by atoms with Crippen LogP contribution in [0.5, 0.6) is 0 Å². The van der Waals surface area contributed by atoms with Gasteiger partial charge in [-0.15, -0.1) is 21.5 Å². The Morgan fingerprint density at radius 3 is 2.57 bits per heavy atom. The predicted molar refractivity (Wildman–Crippen MR) is 83.5 cm³/mol. The summed E-state index contributed by atoms with van der Waals surface area (Å²) < 4.78 is 5.60. The molecule has 0 aliphatic carbocycles. The molecule has 2 aromatic heterocycles. The molecule has 114 valence electrons. The van der Waals surface area contributed by atoms with Crippen molar-refractivity contribution in [1.82, 2.24) is 20.1 Å². The molecule has 0 aliphatic rings. The van der Waals surface area contributed by atoms with E-state index in [0.717, 1.165) is 15.6 Å². The highest BCUT2D eigenvalue weighted by Gasteiger charge is 2.17. The Bertz CT molecular complexity index is 619. The topological polar surface area (TPSA) is 72.1 Å². The van der Waals surface area contributed by atoms with Gasteiger partial charge >= 0.3 is 0 Å². The van der Waals surface area contributed by atoms with E-state index in [9.17, 15) is 4.79 Å². The summed E-state index contributed by atoms with van der Waals surface area (Å²) in [5.41, 5.74) is 0.886. The van der Waals surface area contributed by atoms with Gasteiger partial charge in [0.25, 0.3) is 11.1 Å². The van der Waals surface area contributed by atoms with Crippen molar-refractivity contribution < 1.29 is 9.21 Å². The van der Waals surface area contributed by atoms with Crippen molar-refractivity contribution in [2.75, 3.05) is 18.8 Å². The van der Waals surface area contributed by atoms with Crippen LogP contribution in [0.4, 0.5) is 0 Å². The number of aryl methyl sites for hydroxylation is 2. The van der Waals surface area contributed by atoms with E-state index in [-0.39, 0.29) is 5.91 Å². The summed E-state index contributed by atoms with van der Waals surface area (Å²) in [5.74, 6) is 0.856. The van der Waals surface area contributed by atoms with Crippen molar-refractivity contribution in [3.63, 3.8) is 0 Å². The van der Waals surface area contributed by atoms with Gasteiger partial charge in [-0.1, -0.05) is 11.8 Å². The molecule has 0 saturated carbocycles. The number of thioether (sulfide) groups is 1. The molecule has 2 rings (SSSR count). The first-order valence-electron chi connectivity index (χ1n) is 6.73. The molecule has 0 bridgehead atoms. The van der Waals surface area contributed by atoms with Gasteiger partial charge in [-0.3, -0.25) is 4.79 Å². The molecule has 0 atom stereocenters. The Balaban J connectivity index is 2.01. The summed E-state index contributed by atoms with van der Waals surface area (Å²) in [6, 6.07) is 0. The van der Waals surface area contributed by atoms with Crippen LogP contribution in [0, 0.1) is 13.8 Å². The van der Waals surface area contributed by atoms with Gasteiger partial charge < -0.3 is 9.32 Å². The maximum Gasteiger partial charge on any atom is 0.277 e. The smallest absolute Gasteiger partial charge is 0.277 e. The van der Waals surface area contributed by atoms with E-state index in [2.05, 4.69) is 15.2 Å². The van der Waals surface area contributed by atoms with E-state index >= 15 is 0 Å². The Kier molecular flexibility index (Phi) is 5.35. The standard InChI is InChI=1S/C13H18N4O2S2/c1-5-17(6-2)10(18)7-20-13-16-15-12(19-13)11-8(3)14-9(4)21-11/h5-7H2,1-4H3. The maximum atomic E-state index is 11.9. The SMILES string of the molecule is CCN(CC)C(=O)CSc1nnc(-c2sc(C)nc2C)o1. The second-order valence-corrected chi connectivity index (χ2v) is 6.51. The molecule has 0 unspecified atom stereocenters. The van der Waals surface area contributed by atoms with E-state index in [1.54, 1.807) is 4.90 Å². The van der Waals surface area contributed by atoms with Crippen molar-refractivity contribution in [3.8, 4) is 10.8 Å². The summed E-state index contributed by atoms with van der Waals surface area (Å²) in [4.78, 5) is 18.9. The summed E-state index contributed by atoms with van der Waals surface area (Å²) in [7, 11) is 0. The quantitative estimate of drug-likeness (QED) is 0.760. The first-order chi connectivity index (χ1) is 10.0. The Morgan fingerprint density at radius 2 is 2.00 bits per heavy atom. The number of hydrogen-bond donors (Lipinski definition) is 0. The largest absolute Gasteiger partial charge is 0.410 e. The first kappa shape index (κ1) is 16.0. The molecule has 6 nitrogen and oxygen atoms in total. The van der Waals surface area contributed by atoms with Crippen molar-refractivity contribution in [3.05, 3.63) is 10.7 Å². The molecule has 2 heterocycles. The van der Waals surface area contributed by atoms with Crippen molar-refractivity contribution in [2.24, 2.45) is 0 Å². The van der Waals surface area contributed by atoms with E-state index in [4.69, 9.17) is 4.42 Å². The number of carbonyl (C=O) groups excluding carboxylic acids is 1. The molecule has 2 aromatic rings. The van der Waals surface area contributed by atoms with Gasteiger partial charge in [-0.2, -0.15) is 0 Å². The summed E-state index contributed by atoms with van der Waals surface area (Å²) in [6.45, 7) is 9.21. The van der Waals surface area contributed by atoms with Crippen LogP contribution >= 0.6 is 23.1 Å². The molecule has 0 aliphatic heterocycles. The van der Waals surface area contributed by atoms with Gasteiger partial charge in [-0.05, 0) is 27.7 Å². The lowest BCUT2D eigenvalue weighted by atomic mass is 10.4. The van der Waals surface area contributed by atoms with Gasteiger partial charge in [0, 0.05) is 13.1 Å². The average molecular weight is 326 g/mol. The highest BCUT2D eigenvalue weighted by molar-refractivity contribution is 7.99. The zero-order valence-electron chi connectivity index (χ0n) is 12.5. The zero-order valence-corrected chi connectivity index (χ0v) is 14.2. The van der Waals surface area contributed by atoms with Gasteiger partial charge in [0.05, 0.1) is 16.5 Å². The molecule has 0 N–H and O–H groups in total. The number of hydrogen-bond acceptors (Lipinski definition) is 7. The van der Waals surface area contributed by atoms with E-state index in [1.165, 1.54) is 23.1 Å². The number of nitrogens with zero attached hydrogens (tertiary/aromatic N) is 4. The van der Waals surface area contributed by atoms with Crippen LogP contribution in [0.25, 0.3) is 10.8 Å². The highest BCUT2D eigenvalue weighted by Crippen LogP contribution is 2.30. The number of aromatic nitrogens is 3. The van der Waals surface area contributed by atoms with Crippen molar-refractivity contribution in [1.29, 1.82) is 0 Å². The van der Waals surface area contributed by atoms with Crippen LogP contribution in [-0.4, -0.2) is 44.8 Å². The molecular formula is C13H18N4O2S2. The number of rotatable bonds is 6. The summed E-state index contributed by atoms with van der Waals surface area (Å²) >= 11 is 2.79. The number of carbonyl (C=O) groups is 1. The third-order valence-corrected chi connectivity index (χ3v) is 4.80. The molecular weight excluding hydrogens is 308 g/mol. The Labute approximate surface area is 132 Å². The lowest BCUT2D eigenvalue weighted by molar-refractivity contribution is -0.127. The van der Waals surface area contributed by atoms with Crippen LogP contribution in [0.15, 0.2) is 9.64 Å². The van der Waals surface area contributed by atoms with Crippen LogP contribution in [-0.2, 0) is 4.79 Å². The molecule has 0 spiro atoms. The zero-order chi connectivity index (χ0) is 15.4. The summed E-state index contributed by atoms with van der Waals surface area (Å²) in [5, 5.41) is 9.39.